The fourth-order valence-electron chi connectivity index (χ4n) is 1.36. The molecule has 1 heterocycles. The minimum absolute atomic E-state index is 0.0690. The number of para-hydroxylation sites is 1. The van der Waals surface area contributed by atoms with E-state index in [1.165, 1.54) is 0 Å². The summed E-state index contributed by atoms with van der Waals surface area (Å²) in [6.07, 6.45) is 0. The van der Waals surface area contributed by atoms with Crippen molar-refractivity contribution in [1.29, 1.82) is 0 Å². The van der Waals surface area contributed by atoms with Gasteiger partial charge in [0.2, 0.25) is 11.1 Å². The predicted molar refractivity (Wildman–Crippen MR) is 75.4 cm³/mol. The number of carbonyl (C=O) groups is 2. The van der Waals surface area contributed by atoms with E-state index in [0.717, 1.165) is 11.8 Å². The van der Waals surface area contributed by atoms with Crippen LogP contribution in [0.2, 0.25) is 0 Å². The van der Waals surface area contributed by atoms with Crippen molar-refractivity contribution in [1.82, 2.24) is 20.5 Å². The normalized spacial score (nSPS) is 10.1. The van der Waals surface area contributed by atoms with E-state index < -0.39 is 11.9 Å². The fourth-order valence-corrected chi connectivity index (χ4v) is 2.01. The van der Waals surface area contributed by atoms with E-state index in [4.69, 9.17) is 0 Å². The van der Waals surface area contributed by atoms with Gasteiger partial charge in [0.1, 0.15) is 5.82 Å². The van der Waals surface area contributed by atoms with Gasteiger partial charge in [0.25, 0.3) is 0 Å². The van der Waals surface area contributed by atoms with Crippen LogP contribution in [-0.2, 0) is 4.79 Å². The number of urea groups is 1. The molecule has 1 aromatic carbocycles. The van der Waals surface area contributed by atoms with E-state index in [1.807, 2.05) is 6.07 Å². The van der Waals surface area contributed by atoms with Crippen LogP contribution >= 0.6 is 11.8 Å². The summed E-state index contributed by atoms with van der Waals surface area (Å²) in [5.74, 6) is 0.333. The molecule has 2 rings (SSSR count). The smallest absolute Gasteiger partial charge is 0.308 e. The lowest BCUT2D eigenvalue weighted by Crippen LogP contribution is -2.35. The molecule has 0 aliphatic heterocycles. The number of anilines is 1. The molecule has 0 saturated carbocycles. The maximum Gasteiger partial charge on any atom is 0.325 e. The molecule has 1 aromatic heterocycles. The topological polar surface area (TPSA) is 99.8 Å². The van der Waals surface area contributed by atoms with Crippen LogP contribution < -0.4 is 10.6 Å². The summed E-state index contributed by atoms with van der Waals surface area (Å²) in [5.41, 5.74) is 0.620. The van der Waals surface area contributed by atoms with Crippen LogP contribution in [0, 0.1) is 6.92 Å². The van der Waals surface area contributed by atoms with Crippen molar-refractivity contribution in [3.63, 3.8) is 0 Å². The number of hydrogen-bond acceptors (Lipinski definition) is 5. The maximum atomic E-state index is 11.6. The van der Waals surface area contributed by atoms with Gasteiger partial charge in [0, 0.05) is 5.69 Å². The Kier molecular flexibility index (Phi) is 4.72. The van der Waals surface area contributed by atoms with Crippen LogP contribution in [0.25, 0.3) is 0 Å². The molecule has 0 unspecified atom stereocenters. The van der Waals surface area contributed by atoms with E-state index >= 15 is 0 Å². The Morgan fingerprint density at radius 2 is 2.05 bits per heavy atom. The molecule has 0 aliphatic carbocycles. The van der Waals surface area contributed by atoms with E-state index in [0.29, 0.717) is 16.7 Å². The van der Waals surface area contributed by atoms with Gasteiger partial charge in [0.15, 0.2) is 0 Å². The van der Waals surface area contributed by atoms with Gasteiger partial charge < -0.3 is 5.32 Å². The number of nitrogens with one attached hydrogen (secondary N) is 3. The summed E-state index contributed by atoms with van der Waals surface area (Å²) < 4.78 is 0. The van der Waals surface area contributed by atoms with E-state index in [9.17, 15) is 9.59 Å². The molecule has 0 spiro atoms. The molecular formula is C12H13N5O2S. The van der Waals surface area contributed by atoms with Gasteiger partial charge in [-0.3, -0.25) is 15.2 Å². The quantitative estimate of drug-likeness (QED) is 0.742. The third-order valence-corrected chi connectivity index (χ3v) is 3.04. The van der Waals surface area contributed by atoms with Crippen LogP contribution in [0.3, 0.4) is 0 Å². The van der Waals surface area contributed by atoms with E-state index in [1.54, 1.807) is 31.2 Å². The number of rotatable bonds is 4. The van der Waals surface area contributed by atoms with Gasteiger partial charge in [-0.15, -0.1) is 5.10 Å². The second-order valence-electron chi connectivity index (χ2n) is 3.86. The lowest BCUT2D eigenvalue weighted by atomic mass is 10.3. The van der Waals surface area contributed by atoms with Crippen molar-refractivity contribution in [2.75, 3.05) is 11.1 Å². The number of aryl methyl sites for hydroxylation is 1. The van der Waals surface area contributed by atoms with Crippen molar-refractivity contribution in [3.05, 3.63) is 36.2 Å². The maximum absolute atomic E-state index is 11.6. The molecule has 0 saturated heterocycles. The molecule has 8 heteroatoms. The first kappa shape index (κ1) is 14.1. The molecule has 0 aliphatic rings. The number of aromatic nitrogens is 3. The second kappa shape index (κ2) is 6.71. The third-order valence-electron chi connectivity index (χ3n) is 2.19. The number of amides is 3. The molecule has 0 atom stereocenters. The Bertz CT molecular complexity index is 599. The number of benzene rings is 1. The minimum Gasteiger partial charge on any atom is -0.308 e. The molecule has 104 valence electrons. The average molecular weight is 291 g/mol. The molecular weight excluding hydrogens is 278 g/mol. The van der Waals surface area contributed by atoms with Crippen molar-refractivity contribution in [2.45, 2.75) is 12.1 Å². The van der Waals surface area contributed by atoms with Gasteiger partial charge >= 0.3 is 6.03 Å². The number of imide groups is 1. The molecule has 0 bridgehead atoms. The molecule has 7 nitrogen and oxygen atoms in total. The Morgan fingerprint density at radius 1 is 1.30 bits per heavy atom. The highest BCUT2D eigenvalue weighted by atomic mass is 32.2. The number of carbonyl (C=O) groups excluding carboxylic acids is 2. The Labute approximate surface area is 119 Å². The lowest BCUT2D eigenvalue weighted by molar-refractivity contribution is -0.117. The summed E-state index contributed by atoms with van der Waals surface area (Å²) in [5, 5.41) is 11.8. The summed E-state index contributed by atoms with van der Waals surface area (Å²) in [6, 6.07) is 8.32. The van der Waals surface area contributed by atoms with Crippen molar-refractivity contribution in [2.24, 2.45) is 0 Å². The van der Waals surface area contributed by atoms with Crippen LogP contribution in [0.1, 0.15) is 5.82 Å². The zero-order valence-corrected chi connectivity index (χ0v) is 11.5. The summed E-state index contributed by atoms with van der Waals surface area (Å²) in [7, 11) is 0. The minimum atomic E-state index is -0.562. The second-order valence-corrected chi connectivity index (χ2v) is 4.80. The number of aromatic amines is 1. The molecule has 20 heavy (non-hydrogen) atoms. The molecule has 0 radical (unpaired) electrons. The van der Waals surface area contributed by atoms with Crippen LogP contribution in [-0.4, -0.2) is 32.9 Å². The SMILES string of the molecule is Cc1nc(SCC(=O)NC(=O)Nc2ccccc2)n[nH]1. The summed E-state index contributed by atoms with van der Waals surface area (Å²) in [4.78, 5) is 27.2. The van der Waals surface area contributed by atoms with Gasteiger partial charge in [-0.2, -0.15) is 0 Å². The average Bonchev–Trinajstić information content (AvgIpc) is 2.83. The largest absolute Gasteiger partial charge is 0.325 e. The van der Waals surface area contributed by atoms with Crippen molar-refractivity contribution < 1.29 is 9.59 Å². The lowest BCUT2D eigenvalue weighted by Gasteiger charge is -2.05. The highest BCUT2D eigenvalue weighted by Crippen LogP contribution is 2.11. The number of thioether (sulfide) groups is 1. The zero-order chi connectivity index (χ0) is 14.4. The van der Waals surface area contributed by atoms with Gasteiger partial charge in [-0.25, -0.2) is 9.78 Å². The fraction of sp³-hybridized carbons (Fsp3) is 0.167. The first-order valence-electron chi connectivity index (χ1n) is 5.81. The van der Waals surface area contributed by atoms with Gasteiger partial charge in [-0.1, -0.05) is 30.0 Å². The first-order valence-corrected chi connectivity index (χ1v) is 6.80. The highest BCUT2D eigenvalue weighted by molar-refractivity contribution is 7.99. The molecule has 2 aromatic rings. The van der Waals surface area contributed by atoms with E-state index in [2.05, 4.69) is 25.8 Å². The van der Waals surface area contributed by atoms with Crippen LogP contribution in [0.4, 0.5) is 10.5 Å². The summed E-state index contributed by atoms with van der Waals surface area (Å²) in [6.45, 7) is 1.77. The number of hydrogen-bond donors (Lipinski definition) is 3. The zero-order valence-electron chi connectivity index (χ0n) is 10.7. The Morgan fingerprint density at radius 3 is 2.70 bits per heavy atom. The van der Waals surface area contributed by atoms with Crippen molar-refractivity contribution in [3.8, 4) is 0 Å². The monoisotopic (exact) mass is 291 g/mol. The number of H-pyrrole nitrogens is 1. The molecule has 0 fully saturated rings. The number of nitrogens with zero attached hydrogens (tertiary/aromatic N) is 2. The highest BCUT2D eigenvalue weighted by Gasteiger charge is 2.10. The standard InChI is InChI=1S/C12H13N5O2S/c1-8-13-12(17-16-8)20-7-10(18)15-11(19)14-9-5-3-2-4-6-9/h2-6H,7H2,1H3,(H,13,16,17)(H2,14,15,18,19). The van der Waals surface area contributed by atoms with Gasteiger partial charge in [0.05, 0.1) is 5.75 Å². The third kappa shape index (κ3) is 4.39. The van der Waals surface area contributed by atoms with Crippen LogP contribution in [0.5, 0.6) is 0 Å². The Hall–Kier alpha value is -2.35. The summed E-state index contributed by atoms with van der Waals surface area (Å²) >= 11 is 1.15. The van der Waals surface area contributed by atoms with Crippen LogP contribution in [0.15, 0.2) is 35.5 Å². The van der Waals surface area contributed by atoms with Crippen molar-refractivity contribution >= 4 is 29.4 Å². The first-order chi connectivity index (χ1) is 9.63. The van der Waals surface area contributed by atoms with Gasteiger partial charge in [-0.05, 0) is 19.1 Å². The van der Waals surface area contributed by atoms with E-state index in [-0.39, 0.29) is 5.75 Å². The Balaban J connectivity index is 1.75. The molecule has 3 N–H and O–H groups in total. The predicted octanol–water partition coefficient (Wildman–Crippen LogP) is 1.55. The molecule has 3 amide bonds.